The van der Waals surface area contributed by atoms with Crippen LogP contribution in [-0.2, 0) is 0 Å². The van der Waals surface area contributed by atoms with Crippen LogP contribution in [-0.4, -0.2) is 5.11 Å². The summed E-state index contributed by atoms with van der Waals surface area (Å²) in [6, 6.07) is 5.24. The molecule has 0 heterocycles. The fourth-order valence-electron chi connectivity index (χ4n) is 1.05. The van der Waals surface area contributed by atoms with Crippen LogP contribution in [0.2, 0.25) is 0 Å². The van der Waals surface area contributed by atoms with E-state index in [-0.39, 0.29) is 0 Å². The Bertz CT molecular complexity index is 256. The number of benzene rings is 1. The van der Waals surface area contributed by atoms with E-state index in [4.69, 9.17) is 5.73 Å². The lowest BCUT2D eigenvalue weighted by Crippen LogP contribution is -1.90. The van der Waals surface area contributed by atoms with Crippen molar-refractivity contribution in [3.63, 3.8) is 0 Å². The molecule has 0 aliphatic rings. The van der Waals surface area contributed by atoms with Crippen molar-refractivity contribution >= 4 is 5.69 Å². The fraction of sp³-hybridized carbons (Fsp3) is 0.333. The van der Waals surface area contributed by atoms with Gasteiger partial charge in [-0.15, -0.1) is 0 Å². The van der Waals surface area contributed by atoms with Crippen LogP contribution in [0.25, 0.3) is 0 Å². The maximum atomic E-state index is 9.38. The van der Waals surface area contributed by atoms with Gasteiger partial charge < -0.3 is 10.8 Å². The van der Waals surface area contributed by atoms with Crippen LogP contribution < -0.4 is 5.73 Å². The molecule has 60 valence electrons. The normalized spacial score (nSPS) is 10.5. The first-order chi connectivity index (χ1) is 5.11. The van der Waals surface area contributed by atoms with Gasteiger partial charge in [0.25, 0.3) is 0 Å². The molecule has 0 saturated carbocycles. The minimum absolute atomic E-state index is 0.292. The first-order valence-corrected chi connectivity index (χ1v) is 3.69. The summed E-state index contributed by atoms with van der Waals surface area (Å²) in [6.07, 6.45) is 0. The molecule has 0 spiro atoms. The summed E-state index contributed by atoms with van der Waals surface area (Å²) in [7, 11) is 0. The van der Waals surface area contributed by atoms with Crippen molar-refractivity contribution in [2.45, 2.75) is 19.8 Å². The first kappa shape index (κ1) is 7.92. The molecule has 1 rings (SSSR count). The molecule has 1 aromatic rings. The third-order valence-corrected chi connectivity index (χ3v) is 1.68. The summed E-state index contributed by atoms with van der Waals surface area (Å²) in [6.45, 7) is 4.07. The third-order valence-electron chi connectivity index (χ3n) is 1.68. The smallest absolute Gasteiger partial charge is 0.121 e. The highest BCUT2D eigenvalue weighted by Crippen LogP contribution is 2.26. The van der Waals surface area contributed by atoms with Crippen LogP contribution in [0.3, 0.4) is 0 Å². The molecule has 0 saturated heterocycles. The Morgan fingerprint density at radius 1 is 1.36 bits per heavy atom. The van der Waals surface area contributed by atoms with E-state index in [0.717, 1.165) is 5.56 Å². The number of phenolic OH excluding ortho intramolecular Hbond substituents is 1. The van der Waals surface area contributed by atoms with Crippen molar-refractivity contribution in [2.24, 2.45) is 0 Å². The average molecular weight is 151 g/mol. The summed E-state index contributed by atoms with van der Waals surface area (Å²) in [5.74, 6) is 0.635. The monoisotopic (exact) mass is 151 g/mol. The lowest BCUT2D eigenvalue weighted by molar-refractivity contribution is 0.465. The summed E-state index contributed by atoms with van der Waals surface area (Å²) in [5, 5.41) is 9.38. The zero-order chi connectivity index (χ0) is 8.43. The number of nitrogens with two attached hydrogens (primary N) is 1. The Balaban J connectivity index is 3.09. The lowest BCUT2D eigenvalue weighted by Gasteiger charge is -2.07. The summed E-state index contributed by atoms with van der Waals surface area (Å²) in [4.78, 5) is 0. The SMILES string of the molecule is CC(C)c1ccc(N)cc1O. The molecule has 0 unspecified atom stereocenters. The predicted octanol–water partition coefficient (Wildman–Crippen LogP) is 2.10. The Morgan fingerprint density at radius 2 is 2.00 bits per heavy atom. The summed E-state index contributed by atoms with van der Waals surface area (Å²) < 4.78 is 0. The molecule has 11 heavy (non-hydrogen) atoms. The molecule has 0 amide bonds. The second kappa shape index (κ2) is 2.82. The maximum absolute atomic E-state index is 9.38. The van der Waals surface area contributed by atoms with E-state index in [2.05, 4.69) is 0 Å². The van der Waals surface area contributed by atoms with Gasteiger partial charge in [0.05, 0.1) is 0 Å². The molecule has 0 radical (unpaired) electrons. The third kappa shape index (κ3) is 1.64. The molecular formula is C9H13NO. The van der Waals surface area contributed by atoms with E-state index in [9.17, 15) is 5.11 Å². The van der Waals surface area contributed by atoms with E-state index in [1.165, 1.54) is 0 Å². The number of rotatable bonds is 1. The quantitative estimate of drug-likeness (QED) is 0.604. The number of aromatic hydroxyl groups is 1. The van der Waals surface area contributed by atoms with Crippen LogP contribution in [0.15, 0.2) is 18.2 Å². The Kier molecular flexibility index (Phi) is 2.03. The van der Waals surface area contributed by atoms with Gasteiger partial charge >= 0.3 is 0 Å². The van der Waals surface area contributed by atoms with Crippen LogP contribution in [0.1, 0.15) is 25.3 Å². The van der Waals surface area contributed by atoms with Crippen molar-refractivity contribution in [2.75, 3.05) is 5.73 Å². The van der Waals surface area contributed by atoms with Gasteiger partial charge in [0.15, 0.2) is 0 Å². The van der Waals surface area contributed by atoms with Crippen molar-refractivity contribution < 1.29 is 5.11 Å². The summed E-state index contributed by atoms with van der Waals surface area (Å²) >= 11 is 0. The highest BCUT2D eigenvalue weighted by atomic mass is 16.3. The van der Waals surface area contributed by atoms with Crippen molar-refractivity contribution in [3.8, 4) is 5.75 Å². The summed E-state index contributed by atoms with van der Waals surface area (Å²) in [5.41, 5.74) is 7.01. The van der Waals surface area contributed by atoms with Crippen LogP contribution in [0.5, 0.6) is 5.75 Å². The molecule has 0 aliphatic carbocycles. The molecule has 0 bridgehead atoms. The average Bonchev–Trinajstić information content (AvgIpc) is 1.85. The van der Waals surface area contributed by atoms with Gasteiger partial charge in [0.1, 0.15) is 5.75 Å². The lowest BCUT2D eigenvalue weighted by atomic mass is 10.0. The molecular weight excluding hydrogens is 138 g/mol. The Labute approximate surface area is 66.7 Å². The van der Waals surface area contributed by atoms with Gasteiger partial charge in [-0.3, -0.25) is 0 Å². The minimum Gasteiger partial charge on any atom is -0.508 e. The van der Waals surface area contributed by atoms with Crippen molar-refractivity contribution in [3.05, 3.63) is 23.8 Å². The Hall–Kier alpha value is -1.18. The van der Waals surface area contributed by atoms with E-state index >= 15 is 0 Å². The fourth-order valence-corrected chi connectivity index (χ4v) is 1.05. The number of nitrogen functional groups attached to an aromatic ring is 1. The van der Waals surface area contributed by atoms with Gasteiger partial charge in [-0.1, -0.05) is 19.9 Å². The molecule has 0 aromatic heterocycles. The molecule has 2 heteroatoms. The van der Waals surface area contributed by atoms with Gasteiger partial charge in [-0.2, -0.15) is 0 Å². The highest BCUT2D eigenvalue weighted by molar-refractivity contribution is 5.48. The maximum Gasteiger partial charge on any atom is 0.121 e. The minimum atomic E-state index is 0.292. The number of anilines is 1. The van der Waals surface area contributed by atoms with Crippen LogP contribution >= 0.6 is 0 Å². The van der Waals surface area contributed by atoms with E-state index in [0.29, 0.717) is 17.4 Å². The van der Waals surface area contributed by atoms with Gasteiger partial charge in [-0.25, -0.2) is 0 Å². The number of phenols is 1. The molecule has 2 nitrogen and oxygen atoms in total. The van der Waals surface area contributed by atoms with Gasteiger partial charge in [-0.05, 0) is 17.5 Å². The second-order valence-corrected chi connectivity index (χ2v) is 2.97. The van der Waals surface area contributed by atoms with Crippen LogP contribution in [0.4, 0.5) is 5.69 Å². The zero-order valence-corrected chi connectivity index (χ0v) is 6.83. The van der Waals surface area contributed by atoms with Crippen molar-refractivity contribution in [1.82, 2.24) is 0 Å². The van der Waals surface area contributed by atoms with E-state index < -0.39 is 0 Å². The highest BCUT2D eigenvalue weighted by Gasteiger charge is 2.04. The van der Waals surface area contributed by atoms with E-state index in [1.807, 2.05) is 19.9 Å². The van der Waals surface area contributed by atoms with Crippen LogP contribution in [0, 0.1) is 0 Å². The molecule has 1 aromatic carbocycles. The number of hydrogen-bond donors (Lipinski definition) is 2. The number of hydrogen-bond acceptors (Lipinski definition) is 2. The molecule has 3 N–H and O–H groups in total. The van der Waals surface area contributed by atoms with Gasteiger partial charge in [0, 0.05) is 11.8 Å². The van der Waals surface area contributed by atoms with E-state index in [1.54, 1.807) is 12.1 Å². The topological polar surface area (TPSA) is 46.2 Å². The second-order valence-electron chi connectivity index (χ2n) is 2.97. The first-order valence-electron chi connectivity index (χ1n) is 3.69. The predicted molar refractivity (Wildman–Crippen MR) is 46.6 cm³/mol. The molecule has 0 fully saturated rings. The zero-order valence-electron chi connectivity index (χ0n) is 6.83. The molecule has 0 atom stereocenters. The largest absolute Gasteiger partial charge is 0.508 e. The van der Waals surface area contributed by atoms with Crippen molar-refractivity contribution in [1.29, 1.82) is 0 Å². The standard InChI is InChI=1S/C9H13NO/c1-6(2)8-4-3-7(10)5-9(8)11/h3-6,11H,10H2,1-2H3. The van der Waals surface area contributed by atoms with Gasteiger partial charge in [0.2, 0.25) is 0 Å². The Morgan fingerprint density at radius 3 is 2.45 bits per heavy atom. The molecule has 0 aliphatic heterocycles.